The van der Waals surface area contributed by atoms with Crippen LogP contribution in [0.3, 0.4) is 0 Å². The molecular weight excluding hydrogens is 238 g/mol. The van der Waals surface area contributed by atoms with Gasteiger partial charge in [0.15, 0.2) is 11.6 Å². The van der Waals surface area contributed by atoms with E-state index in [-0.39, 0.29) is 5.82 Å². The minimum Gasteiger partial charge on any atom is -0.381 e. The van der Waals surface area contributed by atoms with Crippen molar-refractivity contribution in [1.82, 2.24) is 19.7 Å². The Kier molecular flexibility index (Phi) is 2.19. The lowest BCUT2D eigenvalue weighted by Gasteiger charge is -2.01. The molecule has 0 aliphatic heterocycles. The number of halogens is 1. The minimum atomic E-state index is 0.279. The third-order valence-electron chi connectivity index (χ3n) is 2.37. The van der Waals surface area contributed by atoms with Crippen molar-refractivity contribution in [3.8, 4) is 5.82 Å². The molecule has 3 rings (SSSR count). The molecule has 2 aromatic heterocycles. The number of nitrogens with two attached hydrogens (primary N) is 1. The molecule has 1 aromatic carbocycles. The lowest BCUT2D eigenvalue weighted by atomic mass is 10.3. The number of hydrogen-bond donors (Lipinski definition) is 1. The van der Waals surface area contributed by atoms with Crippen molar-refractivity contribution in [2.24, 2.45) is 0 Å². The Hall–Kier alpha value is -2.14. The maximum atomic E-state index is 5.84. The highest BCUT2D eigenvalue weighted by atomic mass is 35.5. The highest BCUT2D eigenvalue weighted by Crippen LogP contribution is 2.18. The zero-order chi connectivity index (χ0) is 11.8. The average molecular weight is 246 g/mol. The van der Waals surface area contributed by atoms with Crippen molar-refractivity contribution < 1.29 is 0 Å². The van der Waals surface area contributed by atoms with Crippen LogP contribution >= 0.6 is 11.6 Å². The van der Waals surface area contributed by atoms with Crippen molar-refractivity contribution in [2.75, 3.05) is 5.73 Å². The van der Waals surface area contributed by atoms with E-state index >= 15 is 0 Å². The molecule has 3 aromatic rings. The Bertz CT molecular complexity index is 672. The summed E-state index contributed by atoms with van der Waals surface area (Å²) in [6, 6.07) is 7.61. The molecule has 0 aliphatic carbocycles. The number of hydrogen-bond acceptors (Lipinski definition) is 4. The van der Waals surface area contributed by atoms with E-state index in [2.05, 4.69) is 15.1 Å². The maximum Gasteiger partial charge on any atom is 0.172 e. The summed E-state index contributed by atoms with van der Waals surface area (Å²) in [5, 5.41) is 4.45. The van der Waals surface area contributed by atoms with Gasteiger partial charge in [-0.1, -0.05) is 23.7 Å². The number of fused-ring (bicyclic) bond motifs is 1. The van der Waals surface area contributed by atoms with Crippen molar-refractivity contribution >= 4 is 28.5 Å². The van der Waals surface area contributed by atoms with Crippen LogP contribution in [0.4, 0.5) is 5.82 Å². The van der Waals surface area contributed by atoms with Crippen molar-refractivity contribution in [3.05, 3.63) is 41.7 Å². The topological polar surface area (TPSA) is 69.6 Å². The van der Waals surface area contributed by atoms with Gasteiger partial charge in [-0.25, -0.2) is 9.67 Å². The molecular formula is C11H8ClN5. The second-order valence-electron chi connectivity index (χ2n) is 3.52. The highest BCUT2D eigenvalue weighted by molar-refractivity contribution is 6.32. The summed E-state index contributed by atoms with van der Waals surface area (Å²) in [7, 11) is 0. The second kappa shape index (κ2) is 3.71. The average Bonchev–Trinajstić information content (AvgIpc) is 2.69. The fourth-order valence-corrected chi connectivity index (χ4v) is 1.67. The SMILES string of the molecule is Nc1nn(-c2cnc3ccccc3n2)cc1Cl. The Morgan fingerprint density at radius 2 is 1.94 bits per heavy atom. The Morgan fingerprint density at radius 3 is 2.65 bits per heavy atom. The van der Waals surface area contributed by atoms with Gasteiger partial charge in [-0.2, -0.15) is 0 Å². The number of benzene rings is 1. The van der Waals surface area contributed by atoms with Crippen LogP contribution < -0.4 is 5.73 Å². The largest absolute Gasteiger partial charge is 0.381 e. The summed E-state index contributed by atoms with van der Waals surface area (Å²) < 4.78 is 1.51. The van der Waals surface area contributed by atoms with Crippen LogP contribution in [-0.4, -0.2) is 19.7 Å². The first-order chi connectivity index (χ1) is 8.24. The van der Waals surface area contributed by atoms with E-state index in [1.807, 2.05) is 24.3 Å². The zero-order valence-electron chi connectivity index (χ0n) is 8.71. The van der Waals surface area contributed by atoms with Crippen LogP contribution in [0.15, 0.2) is 36.7 Å². The van der Waals surface area contributed by atoms with Crippen LogP contribution in [0.5, 0.6) is 0 Å². The Morgan fingerprint density at radius 1 is 1.18 bits per heavy atom. The summed E-state index contributed by atoms with van der Waals surface area (Å²) in [4.78, 5) is 8.71. The number of para-hydroxylation sites is 2. The van der Waals surface area contributed by atoms with E-state index in [1.165, 1.54) is 4.68 Å². The van der Waals surface area contributed by atoms with Gasteiger partial charge < -0.3 is 5.73 Å². The number of anilines is 1. The van der Waals surface area contributed by atoms with Gasteiger partial charge in [-0.3, -0.25) is 4.98 Å². The summed E-state index contributed by atoms with van der Waals surface area (Å²) in [5.74, 6) is 0.865. The van der Waals surface area contributed by atoms with E-state index in [9.17, 15) is 0 Å². The van der Waals surface area contributed by atoms with Crippen molar-refractivity contribution in [2.45, 2.75) is 0 Å². The van der Waals surface area contributed by atoms with Crippen LogP contribution in [0.1, 0.15) is 0 Å². The van der Waals surface area contributed by atoms with Gasteiger partial charge >= 0.3 is 0 Å². The summed E-state index contributed by atoms with van der Waals surface area (Å²) >= 11 is 5.84. The lowest BCUT2D eigenvalue weighted by molar-refractivity contribution is 0.851. The van der Waals surface area contributed by atoms with Gasteiger partial charge in [0, 0.05) is 0 Å². The van der Waals surface area contributed by atoms with Crippen molar-refractivity contribution in [3.63, 3.8) is 0 Å². The molecule has 0 aliphatic rings. The summed E-state index contributed by atoms with van der Waals surface area (Å²) in [6.45, 7) is 0. The van der Waals surface area contributed by atoms with Gasteiger partial charge in [-0.05, 0) is 12.1 Å². The molecule has 0 fully saturated rings. The predicted molar refractivity (Wildman–Crippen MR) is 66.1 cm³/mol. The van der Waals surface area contributed by atoms with Gasteiger partial charge in [0.1, 0.15) is 5.02 Å². The Balaban J connectivity index is 2.17. The third kappa shape index (κ3) is 1.70. The first kappa shape index (κ1) is 10.0. The zero-order valence-corrected chi connectivity index (χ0v) is 9.46. The lowest BCUT2D eigenvalue weighted by Crippen LogP contribution is -2.00. The fourth-order valence-electron chi connectivity index (χ4n) is 1.54. The van der Waals surface area contributed by atoms with Crippen LogP contribution in [0, 0.1) is 0 Å². The van der Waals surface area contributed by atoms with Crippen LogP contribution in [0.2, 0.25) is 5.02 Å². The smallest absolute Gasteiger partial charge is 0.172 e. The Labute approximate surface area is 102 Å². The molecule has 0 radical (unpaired) electrons. The highest BCUT2D eigenvalue weighted by Gasteiger charge is 2.06. The summed E-state index contributed by atoms with van der Waals surface area (Å²) in [5.41, 5.74) is 7.22. The quantitative estimate of drug-likeness (QED) is 0.712. The van der Waals surface area contributed by atoms with Crippen LogP contribution in [-0.2, 0) is 0 Å². The van der Waals surface area contributed by atoms with Crippen LogP contribution in [0.25, 0.3) is 16.9 Å². The van der Waals surface area contributed by atoms with Gasteiger partial charge in [0.25, 0.3) is 0 Å². The van der Waals surface area contributed by atoms with E-state index in [1.54, 1.807) is 12.4 Å². The van der Waals surface area contributed by atoms with E-state index in [0.29, 0.717) is 10.8 Å². The summed E-state index contributed by atoms with van der Waals surface area (Å²) in [6.07, 6.45) is 3.24. The molecule has 5 nitrogen and oxygen atoms in total. The molecule has 2 heterocycles. The number of nitrogen functional groups attached to an aromatic ring is 1. The molecule has 2 N–H and O–H groups in total. The molecule has 0 bridgehead atoms. The molecule has 0 saturated carbocycles. The minimum absolute atomic E-state index is 0.279. The first-order valence-electron chi connectivity index (χ1n) is 4.97. The standard InChI is InChI=1S/C11H8ClN5/c12-7-6-17(16-11(7)13)10-5-14-8-3-1-2-4-9(8)15-10/h1-6H,(H2,13,16). The molecule has 17 heavy (non-hydrogen) atoms. The molecule has 0 atom stereocenters. The van der Waals surface area contributed by atoms with Gasteiger partial charge in [0.05, 0.1) is 23.4 Å². The molecule has 0 unspecified atom stereocenters. The molecule has 0 saturated heterocycles. The van der Waals surface area contributed by atoms with E-state index in [4.69, 9.17) is 17.3 Å². The molecule has 0 spiro atoms. The molecule has 84 valence electrons. The predicted octanol–water partition coefficient (Wildman–Crippen LogP) is 2.05. The first-order valence-corrected chi connectivity index (χ1v) is 5.34. The maximum absolute atomic E-state index is 5.84. The van der Waals surface area contributed by atoms with E-state index in [0.717, 1.165) is 11.0 Å². The second-order valence-corrected chi connectivity index (χ2v) is 3.93. The fraction of sp³-hybridized carbons (Fsp3) is 0. The molecule has 6 heteroatoms. The van der Waals surface area contributed by atoms with E-state index < -0.39 is 0 Å². The number of nitrogens with zero attached hydrogens (tertiary/aromatic N) is 4. The monoisotopic (exact) mass is 245 g/mol. The number of aromatic nitrogens is 4. The van der Waals surface area contributed by atoms with Gasteiger partial charge in [0.2, 0.25) is 0 Å². The molecule has 0 amide bonds. The van der Waals surface area contributed by atoms with Gasteiger partial charge in [-0.15, -0.1) is 5.10 Å². The number of rotatable bonds is 1. The third-order valence-corrected chi connectivity index (χ3v) is 2.66. The normalized spacial score (nSPS) is 10.9. The van der Waals surface area contributed by atoms with Crippen molar-refractivity contribution in [1.29, 1.82) is 0 Å².